The number of benzene rings is 1. The number of nitrogens with one attached hydrogen (secondary N) is 1. The molecule has 3 N–H and O–H groups in total. The Morgan fingerprint density at radius 2 is 2.00 bits per heavy atom. The molecule has 0 fully saturated rings. The summed E-state index contributed by atoms with van der Waals surface area (Å²) < 4.78 is 0. The van der Waals surface area contributed by atoms with Crippen LogP contribution in [0.5, 0.6) is 0 Å². The van der Waals surface area contributed by atoms with Gasteiger partial charge in [-0.1, -0.05) is 31.5 Å². The number of anilines is 2. The Balaban J connectivity index is 2.82. The van der Waals surface area contributed by atoms with E-state index in [9.17, 15) is 0 Å². The van der Waals surface area contributed by atoms with Crippen molar-refractivity contribution in [1.29, 1.82) is 0 Å². The summed E-state index contributed by atoms with van der Waals surface area (Å²) in [7, 11) is 4.14. The highest BCUT2D eigenvalue weighted by Crippen LogP contribution is 2.28. The molecule has 0 heterocycles. The number of hydrogen-bond acceptors (Lipinski definition) is 3. The molecule has 0 aliphatic rings. The fourth-order valence-electron chi connectivity index (χ4n) is 1.68. The maximum Gasteiger partial charge on any atom is 0.0739 e. The second kappa shape index (κ2) is 6.12. The van der Waals surface area contributed by atoms with Gasteiger partial charge < -0.3 is 16.0 Å². The van der Waals surface area contributed by atoms with Crippen LogP contribution in [0.2, 0.25) is 5.02 Å². The molecule has 0 aromatic heterocycles. The highest BCUT2D eigenvalue weighted by molar-refractivity contribution is 6.33. The molecule has 1 atom stereocenters. The molecule has 0 spiro atoms. The average Bonchev–Trinajstić information content (AvgIpc) is 2.22. The number of para-hydroxylation sites is 1. The Morgan fingerprint density at radius 1 is 1.35 bits per heavy atom. The fourth-order valence-corrected chi connectivity index (χ4v) is 1.85. The van der Waals surface area contributed by atoms with E-state index >= 15 is 0 Å². The summed E-state index contributed by atoms with van der Waals surface area (Å²) in [5.74, 6) is 0.524. The Labute approximate surface area is 109 Å². The summed E-state index contributed by atoms with van der Waals surface area (Å²) in [6, 6.07) is 6.03. The van der Waals surface area contributed by atoms with Crippen molar-refractivity contribution in [3.05, 3.63) is 23.2 Å². The molecule has 4 heteroatoms. The molecule has 1 unspecified atom stereocenters. The maximum absolute atomic E-state index is 6.01. The van der Waals surface area contributed by atoms with Crippen molar-refractivity contribution < 1.29 is 0 Å². The number of rotatable bonds is 5. The molecule has 3 nitrogen and oxygen atoms in total. The van der Waals surface area contributed by atoms with E-state index in [0.717, 1.165) is 12.2 Å². The molecule has 1 rings (SSSR count). The van der Waals surface area contributed by atoms with Gasteiger partial charge in [-0.15, -0.1) is 0 Å². The minimum absolute atomic E-state index is 0.353. The summed E-state index contributed by atoms with van der Waals surface area (Å²) in [5.41, 5.74) is 7.49. The second-order valence-corrected chi connectivity index (χ2v) is 5.37. The van der Waals surface area contributed by atoms with Crippen molar-refractivity contribution in [3.63, 3.8) is 0 Å². The van der Waals surface area contributed by atoms with Gasteiger partial charge >= 0.3 is 0 Å². The van der Waals surface area contributed by atoms with Crippen LogP contribution in [0.4, 0.5) is 11.4 Å². The number of likely N-dealkylation sites (N-methyl/N-ethyl adjacent to an activating group) is 1. The van der Waals surface area contributed by atoms with E-state index in [1.54, 1.807) is 6.07 Å². The van der Waals surface area contributed by atoms with Gasteiger partial charge in [-0.25, -0.2) is 0 Å². The third-order valence-electron chi connectivity index (χ3n) is 2.76. The monoisotopic (exact) mass is 255 g/mol. The van der Waals surface area contributed by atoms with Gasteiger partial charge in [0.2, 0.25) is 0 Å². The molecular weight excluding hydrogens is 234 g/mol. The van der Waals surface area contributed by atoms with E-state index in [2.05, 4.69) is 38.2 Å². The van der Waals surface area contributed by atoms with Crippen LogP contribution in [0.1, 0.15) is 13.8 Å². The van der Waals surface area contributed by atoms with Gasteiger partial charge in [0.05, 0.1) is 16.4 Å². The molecule has 0 amide bonds. The van der Waals surface area contributed by atoms with Gasteiger partial charge in [0, 0.05) is 12.6 Å². The predicted molar refractivity (Wildman–Crippen MR) is 76.7 cm³/mol. The number of hydrogen-bond donors (Lipinski definition) is 2. The third kappa shape index (κ3) is 4.10. The maximum atomic E-state index is 6.01. The van der Waals surface area contributed by atoms with Gasteiger partial charge in [-0.3, -0.25) is 0 Å². The smallest absolute Gasteiger partial charge is 0.0739 e. The van der Waals surface area contributed by atoms with Crippen LogP contribution in [-0.2, 0) is 0 Å². The number of halogens is 1. The normalized spacial score (nSPS) is 13.1. The highest BCUT2D eigenvalue weighted by Gasteiger charge is 2.15. The van der Waals surface area contributed by atoms with Crippen LogP contribution >= 0.6 is 11.6 Å². The second-order valence-electron chi connectivity index (χ2n) is 4.96. The van der Waals surface area contributed by atoms with E-state index in [4.69, 9.17) is 17.3 Å². The first-order valence-corrected chi connectivity index (χ1v) is 6.25. The van der Waals surface area contributed by atoms with E-state index < -0.39 is 0 Å². The highest BCUT2D eigenvalue weighted by atomic mass is 35.5. The third-order valence-corrected chi connectivity index (χ3v) is 3.09. The Kier molecular flexibility index (Phi) is 5.09. The van der Waals surface area contributed by atoms with Gasteiger partial charge in [-0.05, 0) is 32.1 Å². The topological polar surface area (TPSA) is 41.3 Å². The first-order valence-electron chi connectivity index (χ1n) is 5.87. The van der Waals surface area contributed by atoms with E-state index in [0.29, 0.717) is 22.7 Å². The van der Waals surface area contributed by atoms with Crippen LogP contribution in [0.3, 0.4) is 0 Å². The van der Waals surface area contributed by atoms with Crippen LogP contribution < -0.4 is 11.1 Å². The van der Waals surface area contributed by atoms with Gasteiger partial charge in [0.1, 0.15) is 0 Å². The minimum atomic E-state index is 0.353. The molecule has 96 valence electrons. The molecule has 0 saturated heterocycles. The van der Waals surface area contributed by atoms with Crippen LogP contribution in [0.15, 0.2) is 18.2 Å². The van der Waals surface area contributed by atoms with E-state index in [-0.39, 0.29) is 0 Å². The SMILES string of the molecule is CC(C)C(CN(C)C)Nc1cccc(Cl)c1N. The number of nitrogens with two attached hydrogens (primary N) is 1. The molecule has 0 bridgehead atoms. The van der Waals surface area contributed by atoms with Gasteiger partial charge in [-0.2, -0.15) is 0 Å². The summed E-state index contributed by atoms with van der Waals surface area (Å²) >= 11 is 6.01. The average molecular weight is 256 g/mol. The summed E-state index contributed by atoms with van der Waals surface area (Å²) in [4.78, 5) is 2.17. The summed E-state index contributed by atoms with van der Waals surface area (Å²) in [6.07, 6.45) is 0. The molecule has 1 aromatic rings. The Morgan fingerprint density at radius 3 is 2.53 bits per heavy atom. The number of nitrogen functional groups attached to an aromatic ring is 1. The molecule has 1 aromatic carbocycles. The van der Waals surface area contributed by atoms with Crippen molar-refractivity contribution in [1.82, 2.24) is 4.90 Å². The Bertz CT molecular complexity index is 364. The molecule has 0 saturated carbocycles. The number of nitrogens with zero attached hydrogens (tertiary/aromatic N) is 1. The molecular formula is C13H22ClN3. The predicted octanol–water partition coefficient (Wildman–Crippen LogP) is 2.92. The van der Waals surface area contributed by atoms with Gasteiger partial charge in [0.25, 0.3) is 0 Å². The molecule has 0 aliphatic heterocycles. The zero-order chi connectivity index (χ0) is 13.0. The Hall–Kier alpha value is -0.930. The molecule has 0 radical (unpaired) electrons. The van der Waals surface area contributed by atoms with E-state index in [1.165, 1.54) is 0 Å². The van der Waals surface area contributed by atoms with Crippen molar-refractivity contribution in [2.75, 3.05) is 31.7 Å². The van der Waals surface area contributed by atoms with Crippen molar-refractivity contribution in [2.24, 2.45) is 5.92 Å². The lowest BCUT2D eigenvalue weighted by Gasteiger charge is -2.27. The van der Waals surface area contributed by atoms with Crippen molar-refractivity contribution in [2.45, 2.75) is 19.9 Å². The van der Waals surface area contributed by atoms with Crippen LogP contribution in [-0.4, -0.2) is 31.6 Å². The van der Waals surface area contributed by atoms with E-state index in [1.807, 2.05) is 12.1 Å². The molecule has 17 heavy (non-hydrogen) atoms. The molecule has 0 aliphatic carbocycles. The lowest BCUT2D eigenvalue weighted by atomic mass is 10.0. The summed E-state index contributed by atoms with van der Waals surface area (Å²) in [6.45, 7) is 5.35. The first-order chi connectivity index (χ1) is 7.91. The van der Waals surface area contributed by atoms with Crippen LogP contribution in [0.25, 0.3) is 0 Å². The minimum Gasteiger partial charge on any atom is -0.396 e. The lowest BCUT2D eigenvalue weighted by molar-refractivity contribution is 0.344. The first kappa shape index (κ1) is 14.1. The van der Waals surface area contributed by atoms with Gasteiger partial charge in [0.15, 0.2) is 0 Å². The van der Waals surface area contributed by atoms with Crippen molar-refractivity contribution in [3.8, 4) is 0 Å². The zero-order valence-electron chi connectivity index (χ0n) is 11.0. The fraction of sp³-hybridized carbons (Fsp3) is 0.538. The van der Waals surface area contributed by atoms with Crippen molar-refractivity contribution >= 4 is 23.0 Å². The summed E-state index contributed by atoms with van der Waals surface area (Å²) in [5, 5.41) is 4.07. The zero-order valence-corrected chi connectivity index (χ0v) is 11.8. The standard InChI is InChI=1S/C13H22ClN3/c1-9(2)12(8-17(3)4)16-11-7-5-6-10(14)13(11)15/h5-7,9,12,16H,8,15H2,1-4H3. The van der Waals surface area contributed by atoms with Crippen LogP contribution in [0, 0.1) is 5.92 Å². The lowest BCUT2D eigenvalue weighted by Crippen LogP contribution is -2.36. The quantitative estimate of drug-likeness (QED) is 0.795. The largest absolute Gasteiger partial charge is 0.396 e.